The van der Waals surface area contributed by atoms with E-state index in [-0.39, 0.29) is 6.16 Å². The van der Waals surface area contributed by atoms with Crippen molar-refractivity contribution < 1.29 is 28.7 Å². The molecule has 6 nitrogen and oxygen atoms in total. The Bertz CT molecular complexity index is 897. The molecule has 0 radical (unpaired) electrons. The zero-order valence-corrected chi connectivity index (χ0v) is 16.7. The second-order valence-electron chi connectivity index (χ2n) is 6.12. The molecule has 3 rings (SSSR count). The molecule has 0 aliphatic carbocycles. The quantitative estimate of drug-likeness (QED) is 0.457. The van der Waals surface area contributed by atoms with Gasteiger partial charge in [0.25, 0.3) is 0 Å². The molecule has 3 aromatic rings. The van der Waals surface area contributed by atoms with Gasteiger partial charge in [0.1, 0.15) is 5.66 Å². The Balaban J connectivity index is 0.000000221. The molecule has 0 saturated carbocycles. The fourth-order valence-electron chi connectivity index (χ4n) is 2.67. The largest absolute Gasteiger partial charge is 0.337 e. The summed E-state index contributed by atoms with van der Waals surface area (Å²) in [6.07, 6.45) is -0.173. The van der Waals surface area contributed by atoms with E-state index in [9.17, 15) is 18.9 Å². The molecular weight excluding hydrogens is 398 g/mol. The minimum absolute atomic E-state index is 0.173. The van der Waals surface area contributed by atoms with Crippen molar-refractivity contribution >= 4 is 15.2 Å². The molecule has 0 atom stereocenters. The smallest absolute Gasteiger partial charge is 0.324 e. The summed E-state index contributed by atoms with van der Waals surface area (Å²) < 4.78 is 22.1. The molecule has 0 bridgehead atoms. The third kappa shape index (κ3) is 7.53. The first-order valence-electron chi connectivity index (χ1n) is 8.40. The fraction of sp³-hybridized carbons (Fsp3) is 0.100. The number of rotatable bonds is 5. The number of benzene rings is 3. The van der Waals surface area contributed by atoms with E-state index in [1.165, 1.54) is 0 Å². The number of hydrogen-bond acceptors (Lipinski definition) is 2. The van der Waals surface area contributed by atoms with E-state index in [4.69, 9.17) is 9.79 Å². The molecule has 0 aromatic heterocycles. The Labute approximate surface area is 163 Å². The van der Waals surface area contributed by atoms with Crippen molar-refractivity contribution in [3.8, 4) is 0 Å². The van der Waals surface area contributed by atoms with Crippen molar-refractivity contribution in [3.05, 3.63) is 108 Å². The second kappa shape index (κ2) is 9.94. The van der Waals surface area contributed by atoms with Crippen molar-refractivity contribution in [1.82, 2.24) is 0 Å². The summed E-state index contributed by atoms with van der Waals surface area (Å²) in [6, 6.07) is 26.4. The standard InChI is InChI=1S/C13H13O3P.C7H9O3P/c14-17(15,16)13(11-7-3-1-4-8-11)12-9-5-2-6-10-12;8-11(9,10)6-7-4-2-1-3-5-7/h1-10,13H,(H2,14,15,16);1-5H,6H2,(H2,8,9,10). The molecule has 0 aliphatic heterocycles. The molecule has 0 amide bonds. The van der Waals surface area contributed by atoms with Crippen LogP contribution in [0.15, 0.2) is 91.0 Å². The lowest BCUT2D eigenvalue weighted by atomic mass is 10.0. The SMILES string of the molecule is O=P(O)(O)C(c1ccccc1)c1ccccc1.O=P(O)(O)Cc1ccccc1. The van der Waals surface area contributed by atoms with Crippen LogP contribution < -0.4 is 0 Å². The summed E-state index contributed by atoms with van der Waals surface area (Å²) in [4.78, 5) is 36.2. The van der Waals surface area contributed by atoms with Gasteiger partial charge in [0.15, 0.2) is 0 Å². The molecule has 4 N–H and O–H groups in total. The van der Waals surface area contributed by atoms with Gasteiger partial charge < -0.3 is 19.6 Å². The van der Waals surface area contributed by atoms with E-state index >= 15 is 0 Å². The van der Waals surface area contributed by atoms with Gasteiger partial charge in [-0.15, -0.1) is 0 Å². The maximum absolute atomic E-state index is 11.6. The normalized spacial score (nSPS) is 11.6. The van der Waals surface area contributed by atoms with E-state index in [0.717, 1.165) is 0 Å². The highest BCUT2D eigenvalue weighted by Gasteiger charge is 2.31. The number of hydrogen-bond donors (Lipinski definition) is 4. The van der Waals surface area contributed by atoms with Gasteiger partial charge in [-0.05, 0) is 16.7 Å². The van der Waals surface area contributed by atoms with E-state index in [1.54, 1.807) is 72.8 Å². The van der Waals surface area contributed by atoms with Crippen molar-refractivity contribution in [3.63, 3.8) is 0 Å². The Hall–Kier alpha value is -2.04. The Morgan fingerprint density at radius 2 is 0.964 bits per heavy atom. The Kier molecular flexibility index (Phi) is 7.90. The molecule has 148 valence electrons. The van der Waals surface area contributed by atoms with Crippen LogP contribution in [-0.4, -0.2) is 19.6 Å². The first-order chi connectivity index (χ1) is 13.2. The predicted molar refractivity (Wildman–Crippen MR) is 109 cm³/mol. The molecule has 0 unspecified atom stereocenters. The van der Waals surface area contributed by atoms with Crippen LogP contribution in [0.1, 0.15) is 22.3 Å². The van der Waals surface area contributed by atoms with E-state index in [2.05, 4.69) is 0 Å². The van der Waals surface area contributed by atoms with Gasteiger partial charge in [0.2, 0.25) is 0 Å². The lowest BCUT2D eigenvalue weighted by molar-refractivity contribution is 0.364. The molecule has 8 heteroatoms. The fourth-order valence-corrected chi connectivity index (χ4v) is 4.48. The summed E-state index contributed by atoms with van der Waals surface area (Å²) in [5, 5.41) is 0. The highest BCUT2D eigenvalue weighted by Crippen LogP contribution is 2.55. The topological polar surface area (TPSA) is 115 Å². The molecule has 0 aliphatic rings. The van der Waals surface area contributed by atoms with Crippen LogP contribution in [0.2, 0.25) is 0 Å². The summed E-state index contributed by atoms with van der Waals surface area (Å²) in [5.41, 5.74) is 1.05. The van der Waals surface area contributed by atoms with Gasteiger partial charge in [-0.3, -0.25) is 9.13 Å². The molecule has 0 saturated heterocycles. The van der Waals surface area contributed by atoms with Gasteiger partial charge in [0.05, 0.1) is 6.16 Å². The van der Waals surface area contributed by atoms with Crippen molar-refractivity contribution in [2.45, 2.75) is 11.8 Å². The first-order valence-corrected chi connectivity index (χ1v) is 11.9. The minimum atomic E-state index is -4.22. The van der Waals surface area contributed by atoms with Gasteiger partial charge >= 0.3 is 15.2 Å². The van der Waals surface area contributed by atoms with Gasteiger partial charge in [-0.25, -0.2) is 0 Å². The van der Waals surface area contributed by atoms with E-state index < -0.39 is 20.9 Å². The first kappa shape index (κ1) is 22.3. The van der Waals surface area contributed by atoms with Gasteiger partial charge in [-0.1, -0.05) is 91.0 Å². The van der Waals surface area contributed by atoms with Gasteiger partial charge in [0, 0.05) is 0 Å². The van der Waals surface area contributed by atoms with Crippen LogP contribution in [0.3, 0.4) is 0 Å². The van der Waals surface area contributed by atoms with E-state index in [1.807, 2.05) is 18.2 Å². The maximum atomic E-state index is 11.6. The van der Waals surface area contributed by atoms with Crippen LogP contribution in [0.25, 0.3) is 0 Å². The molecule has 28 heavy (non-hydrogen) atoms. The predicted octanol–water partition coefficient (Wildman–Crippen LogP) is 4.32. The summed E-state index contributed by atoms with van der Waals surface area (Å²) in [5.74, 6) is 0. The van der Waals surface area contributed by atoms with Crippen LogP contribution in [0.4, 0.5) is 0 Å². The van der Waals surface area contributed by atoms with Crippen molar-refractivity contribution in [2.24, 2.45) is 0 Å². The van der Waals surface area contributed by atoms with Crippen LogP contribution >= 0.6 is 15.2 Å². The summed E-state index contributed by atoms with van der Waals surface area (Å²) in [7, 11) is -8.11. The highest BCUT2D eigenvalue weighted by molar-refractivity contribution is 7.52. The third-order valence-electron chi connectivity index (χ3n) is 3.80. The van der Waals surface area contributed by atoms with Gasteiger partial charge in [-0.2, -0.15) is 0 Å². The van der Waals surface area contributed by atoms with Crippen molar-refractivity contribution in [1.29, 1.82) is 0 Å². The minimum Gasteiger partial charge on any atom is -0.324 e. The average Bonchev–Trinajstić information content (AvgIpc) is 2.62. The summed E-state index contributed by atoms with van der Waals surface area (Å²) >= 11 is 0. The van der Waals surface area contributed by atoms with Crippen LogP contribution in [-0.2, 0) is 15.3 Å². The zero-order valence-electron chi connectivity index (χ0n) is 14.9. The molecular formula is C20H22O6P2. The Morgan fingerprint density at radius 1 is 0.607 bits per heavy atom. The van der Waals surface area contributed by atoms with Crippen molar-refractivity contribution in [2.75, 3.05) is 0 Å². The maximum Gasteiger partial charge on any atom is 0.337 e. The third-order valence-corrected chi connectivity index (χ3v) is 5.84. The Morgan fingerprint density at radius 3 is 1.29 bits per heavy atom. The lowest BCUT2D eigenvalue weighted by Gasteiger charge is -2.19. The molecule has 0 heterocycles. The summed E-state index contributed by atoms with van der Waals surface area (Å²) in [6.45, 7) is 0. The second-order valence-corrected chi connectivity index (χ2v) is 9.46. The van der Waals surface area contributed by atoms with E-state index in [0.29, 0.717) is 16.7 Å². The average molecular weight is 420 g/mol. The monoisotopic (exact) mass is 420 g/mol. The van der Waals surface area contributed by atoms with Crippen LogP contribution in [0.5, 0.6) is 0 Å². The lowest BCUT2D eigenvalue weighted by Crippen LogP contribution is -2.01. The molecule has 0 fully saturated rings. The zero-order chi connectivity index (χ0) is 20.6. The highest BCUT2D eigenvalue weighted by atomic mass is 31.2. The van der Waals surface area contributed by atoms with Crippen LogP contribution in [0, 0.1) is 0 Å². The molecule has 0 spiro atoms. The molecule has 3 aromatic carbocycles.